The predicted octanol–water partition coefficient (Wildman–Crippen LogP) is 5.37. The molecule has 33 heavy (non-hydrogen) atoms. The van der Waals surface area contributed by atoms with E-state index >= 15 is 0 Å². The zero-order valence-electron chi connectivity index (χ0n) is 19.1. The number of nitriles is 2. The Kier molecular flexibility index (Phi) is 7.37. The number of benzene rings is 2. The van der Waals surface area contributed by atoms with Crippen LogP contribution in [0.15, 0.2) is 47.5 Å². The maximum atomic E-state index is 12.8. The minimum Gasteiger partial charge on any atom is -0.383 e. The van der Waals surface area contributed by atoms with E-state index in [1.807, 2.05) is 56.3 Å². The number of carbonyl (C=O) groups is 1. The van der Waals surface area contributed by atoms with Gasteiger partial charge in [-0.1, -0.05) is 49.0 Å². The Balaban J connectivity index is 1.97. The van der Waals surface area contributed by atoms with Crippen LogP contribution >= 0.6 is 11.8 Å². The smallest absolute Gasteiger partial charge is 0.237 e. The van der Waals surface area contributed by atoms with Crippen LogP contribution in [0.2, 0.25) is 0 Å². The van der Waals surface area contributed by atoms with Gasteiger partial charge in [0, 0.05) is 11.3 Å². The molecule has 2 aromatic carbocycles. The van der Waals surface area contributed by atoms with Gasteiger partial charge >= 0.3 is 0 Å². The summed E-state index contributed by atoms with van der Waals surface area (Å²) in [6, 6.07) is 17.8. The second kappa shape index (κ2) is 10.2. The highest BCUT2D eigenvalue weighted by atomic mass is 32.2. The number of aromatic nitrogens is 1. The standard InChI is InChI=1S/C26H25N5OS/c1-5-18-6-8-19(9-7-18)23-21(13-27)24(29)31-26(22(23)14-28)33-17(4)25(32)30-20-11-15(2)10-16(3)12-20/h6-12,17H,5H2,1-4H3,(H2,29,31)(H,30,32). The molecule has 0 aliphatic rings. The van der Waals surface area contributed by atoms with Gasteiger partial charge in [0.05, 0.1) is 10.8 Å². The first-order valence-electron chi connectivity index (χ1n) is 10.6. The van der Waals surface area contributed by atoms with E-state index < -0.39 is 5.25 Å². The van der Waals surface area contributed by atoms with Gasteiger partial charge in [0.1, 0.15) is 28.5 Å². The van der Waals surface area contributed by atoms with Crippen molar-refractivity contribution < 1.29 is 4.79 Å². The Labute approximate surface area is 198 Å². The van der Waals surface area contributed by atoms with Crippen molar-refractivity contribution in [1.82, 2.24) is 4.98 Å². The van der Waals surface area contributed by atoms with Crippen molar-refractivity contribution in [2.45, 2.75) is 44.4 Å². The van der Waals surface area contributed by atoms with Crippen LogP contribution in [-0.4, -0.2) is 16.1 Å². The largest absolute Gasteiger partial charge is 0.383 e. The first-order chi connectivity index (χ1) is 15.8. The summed E-state index contributed by atoms with van der Waals surface area (Å²) in [4.78, 5) is 17.2. The van der Waals surface area contributed by atoms with Gasteiger partial charge in [-0.2, -0.15) is 10.5 Å². The van der Waals surface area contributed by atoms with Gasteiger partial charge < -0.3 is 11.1 Å². The molecular weight excluding hydrogens is 430 g/mol. The summed E-state index contributed by atoms with van der Waals surface area (Å²) in [5, 5.41) is 22.4. The Hall–Kier alpha value is -3.81. The fourth-order valence-electron chi connectivity index (χ4n) is 3.59. The lowest BCUT2D eigenvalue weighted by molar-refractivity contribution is -0.115. The van der Waals surface area contributed by atoms with Gasteiger partial charge in [-0.15, -0.1) is 0 Å². The molecule has 1 heterocycles. The summed E-state index contributed by atoms with van der Waals surface area (Å²) in [6.07, 6.45) is 0.878. The number of amides is 1. The quantitative estimate of drug-likeness (QED) is 0.483. The fourth-order valence-corrected chi connectivity index (χ4v) is 4.51. The highest BCUT2D eigenvalue weighted by molar-refractivity contribution is 8.00. The van der Waals surface area contributed by atoms with E-state index in [-0.39, 0.29) is 22.9 Å². The molecule has 3 N–H and O–H groups in total. The summed E-state index contributed by atoms with van der Waals surface area (Å²) >= 11 is 1.15. The molecule has 1 amide bonds. The molecule has 7 heteroatoms. The van der Waals surface area contributed by atoms with Crippen LogP contribution in [0, 0.1) is 36.5 Å². The molecule has 166 valence electrons. The second-order valence-electron chi connectivity index (χ2n) is 7.83. The number of nitrogens with two attached hydrogens (primary N) is 1. The third kappa shape index (κ3) is 5.34. The van der Waals surface area contributed by atoms with Crippen molar-refractivity contribution in [3.8, 4) is 23.3 Å². The van der Waals surface area contributed by atoms with Gasteiger partial charge in [-0.05, 0) is 61.6 Å². The van der Waals surface area contributed by atoms with Crippen molar-refractivity contribution in [3.63, 3.8) is 0 Å². The van der Waals surface area contributed by atoms with E-state index in [2.05, 4.69) is 29.4 Å². The van der Waals surface area contributed by atoms with E-state index in [9.17, 15) is 15.3 Å². The van der Waals surface area contributed by atoms with Gasteiger partial charge in [0.2, 0.25) is 5.91 Å². The summed E-state index contributed by atoms with van der Waals surface area (Å²) in [6.45, 7) is 7.74. The lowest BCUT2D eigenvalue weighted by Crippen LogP contribution is -2.23. The van der Waals surface area contributed by atoms with E-state index in [1.54, 1.807) is 6.92 Å². The predicted molar refractivity (Wildman–Crippen MR) is 133 cm³/mol. The van der Waals surface area contributed by atoms with E-state index in [1.165, 1.54) is 0 Å². The topological polar surface area (TPSA) is 116 Å². The molecule has 0 saturated heterocycles. The number of nitrogens with zero attached hydrogens (tertiary/aromatic N) is 3. The third-order valence-electron chi connectivity index (χ3n) is 5.21. The van der Waals surface area contributed by atoms with Crippen LogP contribution in [-0.2, 0) is 11.2 Å². The average Bonchev–Trinajstić information content (AvgIpc) is 2.78. The molecular formula is C26H25N5OS. The van der Waals surface area contributed by atoms with Gasteiger partial charge in [-0.3, -0.25) is 4.79 Å². The van der Waals surface area contributed by atoms with E-state index in [0.29, 0.717) is 16.2 Å². The van der Waals surface area contributed by atoms with Crippen LogP contribution in [0.3, 0.4) is 0 Å². The van der Waals surface area contributed by atoms with Gasteiger partial charge in [0.15, 0.2) is 0 Å². The lowest BCUT2D eigenvalue weighted by Gasteiger charge is -2.16. The lowest BCUT2D eigenvalue weighted by atomic mass is 9.96. The maximum absolute atomic E-state index is 12.8. The summed E-state index contributed by atoms with van der Waals surface area (Å²) < 4.78 is 0. The highest BCUT2D eigenvalue weighted by Crippen LogP contribution is 2.37. The number of anilines is 2. The Morgan fingerprint density at radius 1 is 1.09 bits per heavy atom. The van der Waals surface area contributed by atoms with Crippen LogP contribution in [0.5, 0.6) is 0 Å². The number of nitrogens with one attached hydrogen (secondary N) is 1. The third-order valence-corrected chi connectivity index (χ3v) is 6.30. The monoisotopic (exact) mass is 455 g/mol. The first kappa shape index (κ1) is 23.8. The number of rotatable bonds is 6. The number of aryl methyl sites for hydroxylation is 3. The van der Waals surface area contributed by atoms with Crippen LogP contribution in [0.25, 0.3) is 11.1 Å². The van der Waals surface area contributed by atoms with Gasteiger partial charge in [0.25, 0.3) is 0 Å². The summed E-state index contributed by atoms with van der Waals surface area (Å²) in [7, 11) is 0. The van der Waals surface area contributed by atoms with E-state index in [0.717, 1.165) is 40.6 Å². The molecule has 0 aliphatic heterocycles. The SMILES string of the molecule is CCc1ccc(-c2c(C#N)c(N)nc(SC(C)C(=O)Nc3cc(C)cc(C)c3)c2C#N)cc1. The van der Waals surface area contributed by atoms with Crippen LogP contribution in [0.4, 0.5) is 11.5 Å². The molecule has 0 spiro atoms. The van der Waals surface area contributed by atoms with Crippen molar-refractivity contribution >= 4 is 29.2 Å². The highest BCUT2D eigenvalue weighted by Gasteiger charge is 2.24. The fraction of sp³-hybridized carbons (Fsp3) is 0.231. The minimum absolute atomic E-state index is 0.0375. The zero-order valence-corrected chi connectivity index (χ0v) is 19.9. The summed E-state index contributed by atoms with van der Waals surface area (Å²) in [5.41, 5.74) is 11.6. The molecule has 0 fully saturated rings. The van der Waals surface area contributed by atoms with Crippen LogP contribution in [0.1, 0.15) is 41.7 Å². The molecule has 0 aliphatic carbocycles. The second-order valence-corrected chi connectivity index (χ2v) is 9.16. The Morgan fingerprint density at radius 3 is 2.24 bits per heavy atom. The van der Waals surface area contributed by atoms with Gasteiger partial charge in [-0.25, -0.2) is 4.98 Å². The molecule has 1 atom stereocenters. The maximum Gasteiger partial charge on any atom is 0.237 e. The molecule has 6 nitrogen and oxygen atoms in total. The number of hydrogen-bond donors (Lipinski definition) is 2. The molecule has 0 saturated carbocycles. The Bertz CT molecular complexity index is 1270. The average molecular weight is 456 g/mol. The van der Waals surface area contributed by atoms with Crippen molar-refractivity contribution in [1.29, 1.82) is 10.5 Å². The van der Waals surface area contributed by atoms with Crippen molar-refractivity contribution in [2.24, 2.45) is 0 Å². The molecule has 0 radical (unpaired) electrons. The van der Waals surface area contributed by atoms with Crippen molar-refractivity contribution in [2.75, 3.05) is 11.1 Å². The molecule has 0 bridgehead atoms. The zero-order chi connectivity index (χ0) is 24.1. The first-order valence-corrected chi connectivity index (χ1v) is 11.4. The van der Waals surface area contributed by atoms with Crippen LogP contribution < -0.4 is 11.1 Å². The number of thioether (sulfide) groups is 1. The summed E-state index contributed by atoms with van der Waals surface area (Å²) in [5.74, 6) is -0.178. The normalized spacial score (nSPS) is 11.3. The van der Waals surface area contributed by atoms with E-state index in [4.69, 9.17) is 5.73 Å². The number of pyridine rings is 1. The number of nitrogen functional groups attached to an aromatic ring is 1. The number of carbonyl (C=O) groups excluding carboxylic acids is 1. The van der Waals surface area contributed by atoms with Crippen molar-refractivity contribution in [3.05, 3.63) is 70.3 Å². The minimum atomic E-state index is -0.548. The molecule has 3 rings (SSSR count). The molecule has 1 aromatic heterocycles. The Morgan fingerprint density at radius 2 is 1.70 bits per heavy atom. The number of hydrogen-bond acceptors (Lipinski definition) is 6. The molecule has 3 aromatic rings. The molecule has 1 unspecified atom stereocenters.